The van der Waals surface area contributed by atoms with Crippen LogP contribution in [0.4, 0.5) is 0 Å². The van der Waals surface area contributed by atoms with E-state index in [0.29, 0.717) is 10.4 Å². The quantitative estimate of drug-likeness (QED) is 0.830. The summed E-state index contributed by atoms with van der Waals surface area (Å²) in [5.41, 5.74) is 2.74. The summed E-state index contributed by atoms with van der Waals surface area (Å²) in [6.45, 7) is 0. The predicted octanol–water partition coefficient (Wildman–Crippen LogP) is 3.63. The lowest BCUT2D eigenvalue weighted by atomic mass is 10.1. The summed E-state index contributed by atoms with van der Waals surface area (Å²) in [7, 11) is 0. The second-order valence-corrected chi connectivity index (χ2v) is 3.80. The highest BCUT2D eigenvalue weighted by Crippen LogP contribution is 2.28. The minimum atomic E-state index is 0.686. The monoisotopic (exact) mass is 270 g/mol. The molecule has 0 aliphatic carbocycles. The lowest BCUT2D eigenvalue weighted by molar-refractivity contribution is 1.04. The molecule has 0 spiro atoms. The fourth-order valence-electron chi connectivity index (χ4n) is 1.24. The Bertz CT molecular complexity index is 425. The Morgan fingerprint density at radius 3 is 2.57 bits per heavy atom. The van der Waals surface area contributed by atoms with Crippen molar-refractivity contribution in [3.05, 3.63) is 41.0 Å². The lowest BCUT2D eigenvalue weighted by Crippen LogP contribution is -1.77. The Morgan fingerprint density at radius 1 is 1.29 bits per heavy atom. The smallest absolute Gasteiger partial charge is 0.111 e. The van der Waals surface area contributed by atoms with Crippen molar-refractivity contribution in [3.8, 4) is 11.3 Å². The van der Waals surface area contributed by atoms with Gasteiger partial charge in [-0.15, -0.1) is 0 Å². The van der Waals surface area contributed by atoms with E-state index >= 15 is 0 Å². The van der Waals surface area contributed by atoms with Crippen molar-refractivity contribution in [2.24, 2.45) is 0 Å². The number of H-pyrrole nitrogens is 1. The lowest BCUT2D eigenvalue weighted by Gasteiger charge is -1.95. The van der Waals surface area contributed by atoms with E-state index in [2.05, 4.69) is 26.1 Å². The average Bonchev–Trinajstić information content (AvgIpc) is 2.61. The van der Waals surface area contributed by atoms with Gasteiger partial charge in [-0.2, -0.15) is 5.10 Å². The molecular formula is C10H8BrClN2. The minimum Gasteiger partial charge on any atom is -0.280 e. The SMILES string of the molecule is Clc1c(-c2ccccc2)n[nH]c1CBr. The molecule has 1 N–H and O–H groups in total. The highest BCUT2D eigenvalue weighted by atomic mass is 79.9. The van der Waals surface area contributed by atoms with Crippen LogP contribution in [-0.4, -0.2) is 10.2 Å². The molecule has 0 bridgehead atoms. The van der Waals surface area contributed by atoms with Crippen LogP contribution in [-0.2, 0) is 5.33 Å². The minimum absolute atomic E-state index is 0.686. The number of aromatic amines is 1. The zero-order valence-electron chi connectivity index (χ0n) is 7.30. The zero-order valence-corrected chi connectivity index (χ0v) is 9.64. The molecule has 1 aromatic heterocycles. The van der Waals surface area contributed by atoms with Gasteiger partial charge in [-0.05, 0) is 0 Å². The van der Waals surface area contributed by atoms with Crippen LogP contribution in [0.1, 0.15) is 5.69 Å². The van der Waals surface area contributed by atoms with Gasteiger partial charge in [-0.25, -0.2) is 0 Å². The molecule has 0 unspecified atom stereocenters. The van der Waals surface area contributed by atoms with Gasteiger partial charge in [0.1, 0.15) is 5.69 Å². The van der Waals surface area contributed by atoms with Gasteiger partial charge in [0.25, 0.3) is 0 Å². The van der Waals surface area contributed by atoms with E-state index in [1.54, 1.807) is 0 Å². The Kier molecular flexibility index (Phi) is 2.89. The predicted molar refractivity (Wildman–Crippen MR) is 61.7 cm³/mol. The number of nitrogens with one attached hydrogen (secondary N) is 1. The van der Waals surface area contributed by atoms with Crippen molar-refractivity contribution in [1.82, 2.24) is 10.2 Å². The number of halogens is 2. The van der Waals surface area contributed by atoms with E-state index in [1.807, 2.05) is 30.3 Å². The van der Waals surface area contributed by atoms with Crippen LogP contribution in [0.5, 0.6) is 0 Å². The van der Waals surface area contributed by atoms with Crippen LogP contribution in [0.15, 0.2) is 30.3 Å². The van der Waals surface area contributed by atoms with Crippen molar-refractivity contribution in [3.63, 3.8) is 0 Å². The van der Waals surface area contributed by atoms with Crippen molar-refractivity contribution in [1.29, 1.82) is 0 Å². The van der Waals surface area contributed by atoms with E-state index in [1.165, 1.54) is 0 Å². The molecule has 2 aromatic rings. The molecule has 0 aliphatic heterocycles. The van der Waals surface area contributed by atoms with Crippen LogP contribution in [0.25, 0.3) is 11.3 Å². The summed E-state index contributed by atoms with van der Waals surface area (Å²) in [6.07, 6.45) is 0. The van der Waals surface area contributed by atoms with Crippen molar-refractivity contribution < 1.29 is 0 Å². The van der Waals surface area contributed by atoms with E-state index in [-0.39, 0.29) is 0 Å². The average molecular weight is 272 g/mol. The maximum atomic E-state index is 6.14. The van der Waals surface area contributed by atoms with Gasteiger partial charge in [-0.3, -0.25) is 5.10 Å². The Morgan fingerprint density at radius 2 is 2.00 bits per heavy atom. The van der Waals surface area contributed by atoms with E-state index in [4.69, 9.17) is 11.6 Å². The normalized spacial score (nSPS) is 10.4. The third kappa shape index (κ3) is 1.70. The molecule has 72 valence electrons. The van der Waals surface area contributed by atoms with Crippen molar-refractivity contribution in [2.45, 2.75) is 5.33 Å². The van der Waals surface area contributed by atoms with Gasteiger partial charge < -0.3 is 0 Å². The number of alkyl halides is 1. The zero-order chi connectivity index (χ0) is 9.97. The first kappa shape index (κ1) is 9.74. The number of nitrogens with zero attached hydrogens (tertiary/aromatic N) is 1. The van der Waals surface area contributed by atoms with Crippen LogP contribution < -0.4 is 0 Å². The van der Waals surface area contributed by atoms with Gasteiger partial charge >= 0.3 is 0 Å². The van der Waals surface area contributed by atoms with Crippen LogP contribution in [0.2, 0.25) is 5.02 Å². The van der Waals surface area contributed by atoms with Crippen molar-refractivity contribution >= 4 is 27.5 Å². The summed E-state index contributed by atoms with van der Waals surface area (Å²) in [5.74, 6) is 0. The fourth-order valence-corrected chi connectivity index (χ4v) is 2.07. The summed E-state index contributed by atoms with van der Waals surface area (Å²) in [6, 6.07) is 9.87. The highest BCUT2D eigenvalue weighted by Gasteiger charge is 2.10. The maximum Gasteiger partial charge on any atom is 0.111 e. The Hall–Kier alpha value is -0.800. The molecule has 4 heteroatoms. The standard InChI is InChI=1S/C10H8BrClN2/c11-6-8-9(12)10(14-13-8)7-4-2-1-3-5-7/h1-5H,6H2,(H,13,14). The number of rotatable bonds is 2. The number of hydrogen-bond donors (Lipinski definition) is 1. The molecule has 0 saturated heterocycles. The summed E-state index contributed by atoms with van der Waals surface area (Å²) >= 11 is 9.47. The molecule has 0 saturated carbocycles. The molecular weight excluding hydrogens is 263 g/mol. The van der Waals surface area contributed by atoms with Gasteiger partial charge in [0.2, 0.25) is 0 Å². The van der Waals surface area contributed by atoms with Crippen molar-refractivity contribution in [2.75, 3.05) is 0 Å². The molecule has 1 heterocycles. The molecule has 2 nitrogen and oxygen atoms in total. The fraction of sp³-hybridized carbons (Fsp3) is 0.100. The summed E-state index contributed by atoms with van der Waals surface area (Å²) < 4.78 is 0. The number of hydrogen-bond acceptors (Lipinski definition) is 1. The molecule has 0 radical (unpaired) electrons. The second kappa shape index (κ2) is 4.15. The van der Waals surface area contributed by atoms with E-state index < -0.39 is 0 Å². The molecule has 0 fully saturated rings. The van der Waals surface area contributed by atoms with Crippen LogP contribution in [0.3, 0.4) is 0 Å². The van der Waals surface area contributed by atoms with Gasteiger partial charge in [-0.1, -0.05) is 57.9 Å². The molecule has 0 aliphatic rings. The van der Waals surface area contributed by atoms with Gasteiger partial charge in [0, 0.05) is 10.9 Å². The molecule has 0 amide bonds. The summed E-state index contributed by atoms with van der Waals surface area (Å²) in [5, 5.41) is 8.44. The first-order valence-corrected chi connectivity index (χ1v) is 5.67. The van der Waals surface area contributed by atoms with Crippen LogP contribution >= 0.6 is 27.5 Å². The molecule has 1 aromatic carbocycles. The summed E-state index contributed by atoms with van der Waals surface area (Å²) in [4.78, 5) is 0. The van der Waals surface area contributed by atoms with E-state index in [9.17, 15) is 0 Å². The third-order valence-corrected chi connectivity index (χ3v) is 2.92. The maximum absolute atomic E-state index is 6.14. The first-order chi connectivity index (χ1) is 6.83. The molecule has 0 atom stereocenters. The molecule has 2 rings (SSSR count). The first-order valence-electron chi connectivity index (χ1n) is 4.17. The van der Waals surface area contributed by atoms with Gasteiger partial charge in [0.15, 0.2) is 0 Å². The molecule has 14 heavy (non-hydrogen) atoms. The third-order valence-electron chi connectivity index (χ3n) is 1.96. The number of aromatic nitrogens is 2. The number of benzene rings is 1. The van der Waals surface area contributed by atoms with Gasteiger partial charge in [0.05, 0.1) is 10.7 Å². The van der Waals surface area contributed by atoms with Crippen LogP contribution in [0, 0.1) is 0 Å². The van der Waals surface area contributed by atoms with E-state index in [0.717, 1.165) is 17.0 Å². The Labute approximate surface area is 95.4 Å². The second-order valence-electron chi connectivity index (χ2n) is 2.86. The largest absolute Gasteiger partial charge is 0.280 e. The Balaban J connectivity index is 2.48. The highest BCUT2D eigenvalue weighted by molar-refractivity contribution is 9.08. The topological polar surface area (TPSA) is 28.7 Å².